The van der Waals surface area contributed by atoms with Crippen LogP contribution in [0.25, 0.3) is 0 Å². The van der Waals surface area contributed by atoms with E-state index in [0.29, 0.717) is 12.0 Å². The molecule has 0 saturated heterocycles. The van der Waals surface area contributed by atoms with Gasteiger partial charge in [-0.3, -0.25) is 4.68 Å². The van der Waals surface area contributed by atoms with Crippen LogP contribution >= 0.6 is 0 Å². The monoisotopic (exact) mass is 277 g/mol. The highest BCUT2D eigenvalue weighted by Crippen LogP contribution is 2.43. The van der Waals surface area contributed by atoms with Crippen molar-refractivity contribution < 1.29 is 4.74 Å². The van der Waals surface area contributed by atoms with Gasteiger partial charge in [0.2, 0.25) is 0 Å². The van der Waals surface area contributed by atoms with E-state index in [9.17, 15) is 0 Å². The third kappa shape index (κ3) is 2.71. The minimum Gasteiger partial charge on any atom is -0.493 e. The van der Waals surface area contributed by atoms with Crippen molar-refractivity contribution >= 4 is 0 Å². The number of nitrogens with one attached hydrogen (secondary N) is 1. The molecule has 2 atom stereocenters. The first-order chi connectivity index (χ1) is 9.70. The summed E-state index contributed by atoms with van der Waals surface area (Å²) in [5.74, 6) is 2.31. The van der Waals surface area contributed by atoms with Gasteiger partial charge in [-0.25, -0.2) is 0 Å². The molecule has 2 unspecified atom stereocenters. The second-order valence-corrected chi connectivity index (χ2v) is 6.62. The lowest BCUT2D eigenvalue weighted by molar-refractivity contribution is 0.369. The molecule has 1 heterocycles. The topological polar surface area (TPSA) is 39.1 Å². The van der Waals surface area contributed by atoms with E-state index < -0.39 is 0 Å². The Balaban J connectivity index is 1.80. The first kappa shape index (κ1) is 13.9. The maximum Gasteiger partial charge on any atom is 0.160 e. The minimum atomic E-state index is 0.395. The minimum absolute atomic E-state index is 0.395. The molecule has 2 aliphatic rings. The van der Waals surface area contributed by atoms with E-state index in [0.717, 1.165) is 24.3 Å². The van der Waals surface area contributed by atoms with Gasteiger partial charge in [0.15, 0.2) is 5.75 Å². The van der Waals surface area contributed by atoms with E-state index in [1.165, 1.54) is 37.8 Å². The molecular weight excluding hydrogens is 250 g/mol. The highest BCUT2D eigenvalue weighted by molar-refractivity contribution is 5.30. The van der Waals surface area contributed by atoms with Crippen molar-refractivity contribution in [3.63, 3.8) is 0 Å². The summed E-state index contributed by atoms with van der Waals surface area (Å²) in [6.45, 7) is 5.55. The van der Waals surface area contributed by atoms with Crippen LogP contribution in [0.1, 0.15) is 63.6 Å². The molecule has 4 heteroatoms. The first-order valence-corrected chi connectivity index (χ1v) is 8.05. The Labute approximate surface area is 121 Å². The molecule has 20 heavy (non-hydrogen) atoms. The van der Waals surface area contributed by atoms with Gasteiger partial charge in [0.25, 0.3) is 0 Å². The standard InChI is InChI=1S/C16H27N3O/c1-11(2)19-16(15(20-3)10-18-19)14-6-4-5-12(14)9-17-13-7-8-13/h10-14,17H,4-9H2,1-3H3. The fraction of sp³-hybridized carbons (Fsp3) is 0.812. The summed E-state index contributed by atoms with van der Waals surface area (Å²) in [5, 5.41) is 8.25. The first-order valence-electron chi connectivity index (χ1n) is 8.05. The molecule has 112 valence electrons. The van der Waals surface area contributed by atoms with E-state index in [4.69, 9.17) is 4.74 Å². The van der Waals surface area contributed by atoms with Gasteiger partial charge >= 0.3 is 0 Å². The average Bonchev–Trinajstić information content (AvgIpc) is 3.00. The summed E-state index contributed by atoms with van der Waals surface area (Å²) in [7, 11) is 1.76. The zero-order valence-electron chi connectivity index (χ0n) is 12.9. The van der Waals surface area contributed by atoms with Gasteiger partial charge in [-0.1, -0.05) is 6.42 Å². The fourth-order valence-electron chi connectivity index (χ4n) is 3.52. The molecule has 0 radical (unpaired) electrons. The highest BCUT2D eigenvalue weighted by Gasteiger charge is 2.35. The lowest BCUT2D eigenvalue weighted by atomic mass is 9.92. The number of rotatable bonds is 6. The normalized spacial score (nSPS) is 26.4. The largest absolute Gasteiger partial charge is 0.493 e. The smallest absolute Gasteiger partial charge is 0.160 e. The predicted molar refractivity (Wildman–Crippen MR) is 80.3 cm³/mol. The van der Waals surface area contributed by atoms with Crippen molar-refractivity contribution in [3.05, 3.63) is 11.9 Å². The Bertz CT molecular complexity index is 451. The van der Waals surface area contributed by atoms with Crippen molar-refractivity contribution in [1.82, 2.24) is 15.1 Å². The highest BCUT2D eigenvalue weighted by atomic mass is 16.5. The second kappa shape index (κ2) is 5.76. The molecule has 4 nitrogen and oxygen atoms in total. The van der Waals surface area contributed by atoms with Crippen molar-refractivity contribution in [1.29, 1.82) is 0 Å². The van der Waals surface area contributed by atoms with Crippen LogP contribution in [-0.2, 0) is 0 Å². The second-order valence-electron chi connectivity index (χ2n) is 6.62. The molecule has 0 spiro atoms. The quantitative estimate of drug-likeness (QED) is 0.868. The molecule has 1 N–H and O–H groups in total. The number of hydrogen-bond donors (Lipinski definition) is 1. The zero-order chi connectivity index (χ0) is 14.1. The summed E-state index contributed by atoms with van der Waals surface area (Å²) in [6.07, 6.45) is 8.55. The summed E-state index contributed by atoms with van der Waals surface area (Å²) in [4.78, 5) is 0. The van der Waals surface area contributed by atoms with Crippen molar-refractivity contribution in [3.8, 4) is 5.75 Å². The Kier molecular flexibility index (Phi) is 4.01. The SMILES string of the molecule is COc1cnn(C(C)C)c1C1CCCC1CNC1CC1. The molecule has 0 amide bonds. The molecule has 3 rings (SSSR count). The van der Waals surface area contributed by atoms with Crippen LogP contribution in [0.4, 0.5) is 0 Å². The Morgan fingerprint density at radius 3 is 2.80 bits per heavy atom. The fourth-order valence-corrected chi connectivity index (χ4v) is 3.52. The van der Waals surface area contributed by atoms with Gasteiger partial charge in [-0.15, -0.1) is 0 Å². The van der Waals surface area contributed by atoms with Gasteiger partial charge < -0.3 is 10.1 Å². The molecule has 1 aromatic rings. The molecule has 2 fully saturated rings. The van der Waals surface area contributed by atoms with Gasteiger partial charge in [0.05, 0.1) is 19.0 Å². The summed E-state index contributed by atoms with van der Waals surface area (Å²) >= 11 is 0. The molecule has 0 aliphatic heterocycles. The Hall–Kier alpha value is -1.03. The summed E-state index contributed by atoms with van der Waals surface area (Å²) in [6, 6.07) is 1.19. The number of ether oxygens (including phenoxy) is 1. The molecule has 0 aromatic carbocycles. The third-order valence-electron chi connectivity index (χ3n) is 4.76. The van der Waals surface area contributed by atoms with Gasteiger partial charge in [0, 0.05) is 18.0 Å². The van der Waals surface area contributed by atoms with Crippen molar-refractivity contribution in [2.24, 2.45) is 5.92 Å². The van der Waals surface area contributed by atoms with Crippen molar-refractivity contribution in [2.75, 3.05) is 13.7 Å². The summed E-state index contributed by atoms with van der Waals surface area (Å²) < 4.78 is 7.74. The van der Waals surface area contributed by atoms with Crippen molar-refractivity contribution in [2.45, 2.75) is 64.0 Å². The lowest BCUT2D eigenvalue weighted by Gasteiger charge is -2.23. The van der Waals surface area contributed by atoms with E-state index in [-0.39, 0.29) is 0 Å². The van der Waals surface area contributed by atoms with Crippen LogP contribution in [0.15, 0.2) is 6.20 Å². The number of methoxy groups -OCH3 is 1. The molecule has 0 bridgehead atoms. The van der Waals surface area contributed by atoms with Gasteiger partial charge in [-0.2, -0.15) is 5.10 Å². The maximum atomic E-state index is 5.57. The maximum absolute atomic E-state index is 5.57. The molecule has 2 saturated carbocycles. The molecule has 2 aliphatic carbocycles. The van der Waals surface area contributed by atoms with Crippen LogP contribution in [0.5, 0.6) is 5.75 Å². The van der Waals surface area contributed by atoms with Gasteiger partial charge in [-0.05, 0) is 52.0 Å². The van der Waals surface area contributed by atoms with Crippen LogP contribution in [0.2, 0.25) is 0 Å². The zero-order valence-corrected chi connectivity index (χ0v) is 12.9. The number of aromatic nitrogens is 2. The third-order valence-corrected chi connectivity index (χ3v) is 4.76. The number of nitrogens with zero attached hydrogens (tertiary/aromatic N) is 2. The van der Waals surface area contributed by atoms with Crippen LogP contribution in [-0.4, -0.2) is 29.5 Å². The Morgan fingerprint density at radius 2 is 2.15 bits per heavy atom. The Morgan fingerprint density at radius 1 is 1.35 bits per heavy atom. The van der Waals surface area contributed by atoms with Gasteiger partial charge in [0.1, 0.15) is 0 Å². The average molecular weight is 277 g/mol. The van der Waals surface area contributed by atoms with Crippen LogP contribution in [0, 0.1) is 5.92 Å². The van der Waals surface area contributed by atoms with E-state index in [1.54, 1.807) is 7.11 Å². The number of hydrogen-bond acceptors (Lipinski definition) is 3. The predicted octanol–water partition coefficient (Wildman–Crippen LogP) is 3.11. The molecule has 1 aromatic heterocycles. The van der Waals surface area contributed by atoms with Crippen LogP contribution in [0.3, 0.4) is 0 Å². The van der Waals surface area contributed by atoms with E-state index >= 15 is 0 Å². The molecular formula is C16H27N3O. The van der Waals surface area contributed by atoms with E-state index in [2.05, 4.69) is 28.9 Å². The van der Waals surface area contributed by atoms with E-state index in [1.807, 2.05) is 6.20 Å². The van der Waals surface area contributed by atoms with Crippen LogP contribution < -0.4 is 10.1 Å². The lowest BCUT2D eigenvalue weighted by Crippen LogP contribution is -2.27. The summed E-state index contributed by atoms with van der Waals surface area (Å²) in [5.41, 5.74) is 1.32.